The number of aliphatic hydroxyl groups is 1. The highest BCUT2D eigenvalue weighted by atomic mass is 19.1. The summed E-state index contributed by atoms with van der Waals surface area (Å²) < 4.78 is 15.0. The van der Waals surface area contributed by atoms with Crippen LogP contribution >= 0.6 is 0 Å². The first-order valence-electron chi connectivity index (χ1n) is 11.8. The van der Waals surface area contributed by atoms with Crippen LogP contribution in [-0.2, 0) is 19.7 Å². The molecule has 11 heteroatoms. The van der Waals surface area contributed by atoms with Gasteiger partial charge in [-0.25, -0.2) is 9.37 Å². The van der Waals surface area contributed by atoms with Crippen LogP contribution in [-0.4, -0.2) is 32.4 Å². The summed E-state index contributed by atoms with van der Waals surface area (Å²) in [5.41, 5.74) is 2.28. The minimum Gasteiger partial charge on any atom is -0.388 e. The van der Waals surface area contributed by atoms with Crippen molar-refractivity contribution in [3.8, 4) is 12.3 Å². The van der Waals surface area contributed by atoms with E-state index in [9.17, 15) is 24.8 Å². The van der Waals surface area contributed by atoms with E-state index in [1.165, 1.54) is 30.3 Å². The van der Waals surface area contributed by atoms with Gasteiger partial charge in [0.05, 0.1) is 27.9 Å². The summed E-state index contributed by atoms with van der Waals surface area (Å²) in [7, 11) is 0. The van der Waals surface area contributed by atoms with Gasteiger partial charge in [-0.15, -0.1) is 6.42 Å². The molecule has 4 aromatic rings. The van der Waals surface area contributed by atoms with Crippen LogP contribution < -0.4 is 15.8 Å². The van der Waals surface area contributed by atoms with Gasteiger partial charge in [-0.05, 0) is 53.9 Å². The summed E-state index contributed by atoms with van der Waals surface area (Å²) in [5.74, 6) is 1.27. The quantitative estimate of drug-likeness (QED) is 0.172. The van der Waals surface area contributed by atoms with Crippen molar-refractivity contribution in [2.24, 2.45) is 0 Å². The van der Waals surface area contributed by atoms with Crippen molar-refractivity contribution in [2.45, 2.75) is 26.6 Å². The van der Waals surface area contributed by atoms with Gasteiger partial charge in [-0.1, -0.05) is 18.1 Å². The summed E-state index contributed by atoms with van der Waals surface area (Å²) in [4.78, 5) is 44.0. The van der Waals surface area contributed by atoms with Crippen molar-refractivity contribution in [3.05, 3.63) is 109 Å². The molecule has 198 valence electrons. The number of aromatic nitrogens is 2. The molecule has 1 aromatic heterocycles. The van der Waals surface area contributed by atoms with E-state index in [2.05, 4.69) is 21.2 Å². The van der Waals surface area contributed by atoms with Gasteiger partial charge < -0.3 is 20.3 Å². The van der Waals surface area contributed by atoms with Crippen LogP contribution in [0.5, 0.6) is 0 Å². The van der Waals surface area contributed by atoms with E-state index in [1.807, 2.05) is 6.92 Å². The van der Waals surface area contributed by atoms with Crippen molar-refractivity contribution in [1.82, 2.24) is 15.3 Å². The first-order valence-corrected chi connectivity index (χ1v) is 11.8. The summed E-state index contributed by atoms with van der Waals surface area (Å²) >= 11 is 0. The SMILES string of the molecule is C#CCN(Cc1cc2c(=O)[nH]c(CO)nc2cc1C)c1ccc(C(=O)NCc2cccc([N+](=O)[O-])c2)c(F)c1. The molecule has 0 saturated carbocycles. The Hall–Kier alpha value is -5.08. The van der Waals surface area contributed by atoms with E-state index in [4.69, 9.17) is 6.42 Å². The number of hydrogen-bond donors (Lipinski definition) is 3. The summed E-state index contributed by atoms with van der Waals surface area (Å²) in [6.45, 7) is 1.83. The molecule has 10 nitrogen and oxygen atoms in total. The lowest BCUT2D eigenvalue weighted by Gasteiger charge is -2.24. The second kappa shape index (κ2) is 11.5. The number of terminal acetylenes is 1. The number of nitrogens with one attached hydrogen (secondary N) is 2. The van der Waals surface area contributed by atoms with E-state index in [-0.39, 0.29) is 42.3 Å². The zero-order valence-electron chi connectivity index (χ0n) is 20.9. The lowest BCUT2D eigenvalue weighted by Crippen LogP contribution is -2.26. The number of H-pyrrole nitrogens is 1. The van der Waals surface area contributed by atoms with Gasteiger partial charge in [0.2, 0.25) is 0 Å². The van der Waals surface area contributed by atoms with Gasteiger partial charge in [0, 0.05) is 30.9 Å². The maximum atomic E-state index is 15.0. The highest BCUT2D eigenvalue weighted by Gasteiger charge is 2.17. The van der Waals surface area contributed by atoms with E-state index in [0.29, 0.717) is 22.2 Å². The van der Waals surface area contributed by atoms with Gasteiger partial charge in [0.15, 0.2) is 0 Å². The number of aromatic amines is 1. The molecule has 1 amide bonds. The molecule has 3 N–H and O–H groups in total. The van der Waals surface area contributed by atoms with E-state index in [0.717, 1.165) is 11.1 Å². The molecule has 4 rings (SSSR count). The number of hydrogen-bond acceptors (Lipinski definition) is 7. The predicted octanol–water partition coefficient (Wildman–Crippen LogP) is 3.34. The second-order valence-corrected chi connectivity index (χ2v) is 8.80. The molecule has 0 fully saturated rings. The Balaban J connectivity index is 1.54. The Kier molecular flexibility index (Phi) is 7.98. The number of aryl methyl sites for hydroxylation is 1. The summed E-state index contributed by atoms with van der Waals surface area (Å²) in [6.07, 6.45) is 5.57. The van der Waals surface area contributed by atoms with Crippen molar-refractivity contribution in [2.75, 3.05) is 11.4 Å². The number of anilines is 1. The highest BCUT2D eigenvalue weighted by Crippen LogP contribution is 2.24. The third-order valence-corrected chi connectivity index (χ3v) is 6.14. The number of halogens is 1. The maximum absolute atomic E-state index is 15.0. The third-order valence-electron chi connectivity index (χ3n) is 6.14. The number of nitro benzene ring substituents is 1. The zero-order chi connectivity index (χ0) is 28.1. The molecule has 3 aromatic carbocycles. The number of carbonyl (C=O) groups is 1. The first kappa shape index (κ1) is 27.0. The highest BCUT2D eigenvalue weighted by molar-refractivity contribution is 5.94. The number of nitro groups is 1. The molecule has 0 atom stereocenters. The fourth-order valence-electron chi connectivity index (χ4n) is 4.13. The van der Waals surface area contributed by atoms with Gasteiger partial charge >= 0.3 is 0 Å². The Morgan fingerprint density at radius 2 is 2.05 bits per heavy atom. The predicted molar refractivity (Wildman–Crippen MR) is 144 cm³/mol. The topological polar surface area (TPSA) is 141 Å². The van der Waals surface area contributed by atoms with Crippen molar-refractivity contribution in [3.63, 3.8) is 0 Å². The Morgan fingerprint density at radius 1 is 1.26 bits per heavy atom. The fourth-order valence-corrected chi connectivity index (χ4v) is 4.13. The minimum absolute atomic E-state index is 0.0139. The van der Waals surface area contributed by atoms with E-state index >= 15 is 4.39 Å². The third kappa shape index (κ3) is 6.08. The number of aliphatic hydroxyl groups excluding tert-OH is 1. The molecule has 1 heterocycles. The molecule has 0 bridgehead atoms. The van der Waals surface area contributed by atoms with Crippen LogP contribution in [0.2, 0.25) is 0 Å². The normalized spacial score (nSPS) is 10.7. The molecule has 0 spiro atoms. The molecule has 0 aliphatic carbocycles. The lowest BCUT2D eigenvalue weighted by atomic mass is 10.0. The molecule has 0 saturated heterocycles. The molecule has 0 aliphatic heterocycles. The number of amides is 1. The summed E-state index contributed by atoms with van der Waals surface area (Å²) in [6, 6.07) is 13.3. The number of benzene rings is 3. The minimum atomic E-state index is -0.765. The van der Waals surface area contributed by atoms with Crippen LogP contribution in [0, 0.1) is 35.2 Å². The monoisotopic (exact) mass is 529 g/mol. The Bertz CT molecular complexity index is 1680. The molecule has 0 aliphatic rings. The summed E-state index contributed by atoms with van der Waals surface area (Å²) in [5, 5.41) is 23.2. The maximum Gasteiger partial charge on any atom is 0.269 e. The largest absolute Gasteiger partial charge is 0.388 e. The number of rotatable bonds is 9. The second-order valence-electron chi connectivity index (χ2n) is 8.80. The van der Waals surface area contributed by atoms with Crippen molar-refractivity contribution in [1.29, 1.82) is 0 Å². The van der Waals surface area contributed by atoms with Gasteiger partial charge in [0.1, 0.15) is 18.2 Å². The van der Waals surface area contributed by atoms with E-state index in [1.54, 1.807) is 29.2 Å². The standard InChI is InChI=1S/C28H24FN5O5/c1-3-9-33(15-19-12-23-25(10-17(19)2)31-26(16-35)32-28(23)37)20-7-8-22(24(29)13-20)27(36)30-14-18-5-4-6-21(11-18)34(38)39/h1,4-8,10-13,35H,9,14-16H2,2H3,(H,30,36)(H,31,32,37). The van der Waals surface area contributed by atoms with Crippen LogP contribution in [0.3, 0.4) is 0 Å². The number of fused-ring (bicyclic) bond motifs is 1. The van der Waals surface area contributed by atoms with Crippen LogP contribution in [0.4, 0.5) is 15.8 Å². The van der Waals surface area contributed by atoms with Gasteiger partial charge in [-0.3, -0.25) is 19.7 Å². The van der Waals surface area contributed by atoms with E-state index < -0.39 is 23.3 Å². The molecule has 0 unspecified atom stereocenters. The average molecular weight is 530 g/mol. The molecule has 39 heavy (non-hydrogen) atoms. The van der Waals surface area contributed by atoms with Gasteiger partial charge in [-0.2, -0.15) is 0 Å². The first-order chi connectivity index (χ1) is 18.7. The molecular formula is C28H24FN5O5. The Labute approximate surface area is 222 Å². The molecular weight excluding hydrogens is 505 g/mol. The Morgan fingerprint density at radius 3 is 2.74 bits per heavy atom. The number of non-ortho nitro benzene ring substituents is 1. The smallest absolute Gasteiger partial charge is 0.269 e. The average Bonchev–Trinajstić information content (AvgIpc) is 2.92. The van der Waals surface area contributed by atoms with Crippen molar-refractivity contribution < 1.29 is 19.2 Å². The zero-order valence-corrected chi connectivity index (χ0v) is 20.9. The van der Waals surface area contributed by atoms with Gasteiger partial charge in [0.25, 0.3) is 17.2 Å². The number of nitrogens with zero attached hydrogens (tertiary/aromatic N) is 3. The van der Waals surface area contributed by atoms with Crippen LogP contribution in [0.1, 0.15) is 32.9 Å². The number of carbonyl (C=O) groups excluding carboxylic acids is 1. The molecule has 0 radical (unpaired) electrons. The van der Waals surface area contributed by atoms with Crippen LogP contribution in [0.15, 0.2) is 59.4 Å². The van der Waals surface area contributed by atoms with Crippen LogP contribution in [0.25, 0.3) is 10.9 Å². The van der Waals surface area contributed by atoms with Crippen molar-refractivity contribution >= 4 is 28.2 Å². The fraction of sp³-hybridized carbons (Fsp3) is 0.179. The lowest BCUT2D eigenvalue weighted by molar-refractivity contribution is -0.384.